The van der Waals surface area contributed by atoms with Crippen molar-refractivity contribution in [1.29, 1.82) is 0 Å². The van der Waals surface area contributed by atoms with Gasteiger partial charge in [-0.25, -0.2) is 4.98 Å². The fraction of sp³-hybridized carbons (Fsp3) is 0.111. The molecule has 0 unspecified atom stereocenters. The quantitative estimate of drug-likeness (QED) is 0.638. The number of hydrogen-bond donors (Lipinski definition) is 2. The highest BCUT2D eigenvalue weighted by Crippen LogP contribution is 2.33. The average Bonchev–Trinajstić information content (AvgIpc) is 3.04. The van der Waals surface area contributed by atoms with Crippen molar-refractivity contribution in [2.24, 2.45) is 0 Å². The monoisotopic (exact) mass is 403 g/mol. The average molecular weight is 404 g/mol. The standard InChI is InChI=1S/C18H15Cl2N5O2/c1-10-6-11(19)7-12(18(27)21-2)16(10)14-8-15(23-9-26)25(24-14)17-13(20)4-3-5-22-17/h3-9H,1-2H3,(H,21,27)(H,23,26). The molecule has 0 spiro atoms. The third-order valence-corrected chi connectivity index (χ3v) is 4.40. The Balaban J connectivity index is 2.25. The number of rotatable bonds is 5. The maximum absolute atomic E-state index is 12.3. The minimum Gasteiger partial charge on any atom is -0.355 e. The van der Waals surface area contributed by atoms with Crippen LogP contribution in [-0.4, -0.2) is 34.1 Å². The lowest BCUT2D eigenvalue weighted by molar-refractivity contribution is -0.105. The van der Waals surface area contributed by atoms with Crippen LogP contribution in [0, 0.1) is 6.92 Å². The first-order valence-corrected chi connectivity index (χ1v) is 8.65. The van der Waals surface area contributed by atoms with Crippen molar-refractivity contribution in [3.63, 3.8) is 0 Å². The van der Waals surface area contributed by atoms with Gasteiger partial charge in [0, 0.05) is 29.9 Å². The fourth-order valence-electron chi connectivity index (χ4n) is 2.76. The van der Waals surface area contributed by atoms with Gasteiger partial charge in [0.2, 0.25) is 6.41 Å². The molecule has 2 amide bonds. The molecule has 2 N–H and O–H groups in total. The summed E-state index contributed by atoms with van der Waals surface area (Å²) in [6.07, 6.45) is 2.10. The molecule has 0 bridgehead atoms. The van der Waals surface area contributed by atoms with Crippen molar-refractivity contribution in [2.45, 2.75) is 6.92 Å². The van der Waals surface area contributed by atoms with E-state index in [4.69, 9.17) is 23.2 Å². The van der Waals surface area contributed by atoms with Crippen molar-refractivity contribution in [3.8, 4) is 17.1 Å². The highest BCUT2D eigenvalue weighted by molar-refractivity contribution is 6.32. The minimum absolute atomic E-state index is 0.300. The maximum atomic E-state index is 12.3. The van der Waals surface area contributed by atoms with Gasteiger partial charge >= 0.3 is 0 Å². The summed E-state index contributed by atoms with van der Waals surface area (Å²) >= 11 is 12.3. The number of halogens is 2. The third-order valence-electron chi connectivity index (χ3n) is 3.88. The van der Waals surface area contributed by atoms with E-state index < -0.39 is 0 Å². The number of hydrogen-bond acceptors (Lipinski definition) is 4. The molecule has 0 aliphatic heterocycles. The number of pyridine rings is 1. The summed E-state index contributed by atoms with van der Waals surface area (Å²) in [6, 6.07) is 8.31. The molecule has 0 radical (unpaired) electrons. The van der Waals surface area contributed by atoms with Gasteiger partial charge in [-0.3, -0.25) is 9.59 Å². The zero-order valence-corrected chi connectivity index (χ0v) is 16.0. The van der Waals surface area contributed by atoms with Gasteiger partial charge in [0.25, 0.3) is 5.91 Å². The zero-order chi connectivity index (χ0) is 19.6. The van der Waals surface area contributed by atoms with Crippen molar-refractivity contribution in [3.05, 3.63) is 57.7 Å². The Kier molecular flexibility index (Phi) is 5.43. The molecule has 7 nitrogen and oxygen atoms in total. The predicted molar refractivity (Wildman–Crippen MR) is 105 cm³/mol. The number of carbonyl (C=O) groups excluding carboxylic acids is 2. The Morgan fingerprint density at radius 2 is 2.04 bits per heavy atom. The van der Waals surface area contributed by atoms with E-state index in [0.717, 1.165) is 5.56 Å². The van der Waals surface area contributed by atoms with E-state index >= 15 is 0 Å². The van der Waals surface area contributed by atoms with Crippen LogP contribution >= 0.6 is 23.2 Å². The van der Waals surface area contributed by atoms with Crippen LogP contribution in [0.25, 0.3) is 17.1 Å². The number of anilines is 1. The van der Waals surface area contributed by atoms with Gasteiger partial charge in [0.15, 0.2) is 5.82 Å². The fourth-order valence-corrected chi connectivity index (χ4v) is 3.23. The Bertz CT molecular complexity index is 1030. The van der Waals surface area contributed by atoms with Gasteiger partial charge < -0.3 is 10.6 Å². The molecule has 9 heteroatoms. The summed E-state index contributed by atoms with van der Waals surface area (Å²) in [7, 11) is 1.54. The molecule has 2 heterocycles. The maximum Gasteiger partial charge on any atom is 0.251 e. The van der Waals surface area contributed by atoms with Gasteiger partial charge in [-0.1, -0.05) is 23.2 Å². The van der Waals surface area contributed by atoms with E-state index in [9.17, 15) is 9.59 Å². The summed E-state index contributed by atoms with van der Waals surface area (Å²) in [5, 5.41) is 10.5. The number of aromatic nitrogens is 3. The molecule has 138 valence electrons. The molecule has 0 aliphatic carbocycles. The molecule has 3 aromatic rings. The van der Waals surface area contributed by atoms with E-state index in [1.165, 1.54) is 11.7 Å². The first-order valence-electron chi connectivity index (χ1n) is 7.90. The number of carbonyl (C=O) groups is 2. The van der Waals surface area contributed by atoms with E-state index in [1.807, 2.05) is 6.92 Å². The second kappa shape index (κ2) is 7.77. The normalized spacial score (nSPS) is 10.5. The van der Waals surface area contributed by atoms with Crippen LogP contribution in [0.1, 0.15) is 15.9 Å². The molecule has 0 fully saturated rings. The lowest BCUT2D eigenvalue weighted by Gasteiger charge is -2.10. The highest BCUT2D eigenvalue weighted by Gasteiger charge is 2.21. The third kappa shape index (κ3) is 3.65. The Morgan fingerprint density at radius 3 is 2.70 bits per heavy atom. The molecular formula is C18H15Cl2N5O2. The van der Waals surface area contributed by atoms with Gasteiger partial charge in [-0.05, 0) is 36.8 Å². The van der Waals surface area contributed by atoms with Gasteiger partial charge in [-0.15, -0.1) is 0 Å². The molecule has 0 aliphatic rings. The second-order valence-corrected chi connectivity index (χ2v) is 6.47. The van der Waals surface area contributed by atoms with Crippen LogP contribution in [-0.2, 0) is 4.79 Å². The molecule has 0 atom stereocenters. The first-order chi connectivity index (χ1) is 13.0. The van der Waals surface area contributed by atoms with Gasteiger partial charge in [0.1, 0.15) is 5.82 Å². The number of aryl methyl sites for hydroxylation is 1. The molecule has 27 heavy (non-hydrogen) atoms. The largest absolute Gasteiger partial charge is 0.355 e. The number of nitrogens with zero attached hydrogens (tertiary/aromatic N) is 3. The first kappa shape index (κ1) is 18.9. The molecule has 0 saturated carbocycles. The highest BCUT2D eigenvalue weighted by atomic mass is 35.5. The second-order valence-electron chi connectivity index (χ2n) is 5.62. The van der Waals surface area contributed by atoms with Gasteiger partial charge in [-0.2, -0.15) is 9.78 Å². The van der Waals surface area contributed by atoms with Crippen LogP contribution in [0.15, 0.2) is 36.5 Å². The Labute approximate surface area is 165 Å². The van der Waals surface area contributed by atoms with Crippen molar-refractivity contribution in [1.82, 2.24) is 20.1 Å². The van der Waals surface area contributed by atoms with Crippen molar-refractivity contribution in [2.75, 3.05) is 12.4 Å². The summed E-state index contributed by atoms with van der Waals surface area (Å²) < 4.78 is 1.41. The number of benzene rings is 1. The summed E-state index contributed by atoms with van der Waals surface area (Å²) in [6.45, 7) is 1.83. The van der Waals surface area contributed by atoms with Crippen molar-refractivity contribution < 1.29 is 9.59 Å². The SMILES string of the molecule is CNC(=O)c1cc(Cl)cc(C)c1-c1cc(NC=O)n(-c2ncccc2Cl)n1. The van der Waals surface area contributed by atoms with E-state index in [-0.39, 0.29) is 5.91 Å². The molecule has 1 aromatic carbocycles. The van der Waals surface area contributed by atoms with Crippen LogP contribution in [0.4, 0.5) is 5.82 Å². The Morgan fingerprint density at radius 1 is 1.26 bits per heavy atom. The van der Waals surface area contributed by atoms with E-state index in [0.29, 0.717) is 44.9 Å². The van der Waals surface area contributed by atoms with Crippen LogP contribution < -0.4 is 10.6 Å². The molecule has 3 rings (SSSR count). The number of amides is 2. The Hall–Kier alpha value is -2.90. The summed E-state index contributed by atoms with van der Waals surface area (Å²) in [5.74, 6) is 0.409. The van der Waals surface area contributed by atoms with Crippen LogP contribution in [0.5, 0.6) is 0 Å². The molecular weight excluding hydrogens is 389 g/mol. The van der Waals surface area contributed by atoms with E-state index in [1.54, 1.807) is 36.5 Å². The zero-order valence-electron chi connectivity index (χ0n) is 14.5. The van der Waals surface area contributed by atoms with Crippen molar-refractivity contribution >= 4 is 41.3 Å². The van der Waals surface area contributed by atoms with Crippen LogP contribution in [0.3, 0.4) is 0 Å². The lowest BCUT2D eigenvalue weighted by Crippen LogP contribution is -2.19. The van der Waals surface area contributed by atoms with E-state index in [2.05, 4.69) is 20.7 Å². The predicted octanol–water partition coefficient (Wildman–Crippen LogP) is 3.48. The topological polar surface area (TPSA) is 88.9 Å². The van der Waals surface area contributed by atoms with Crippen LogP contribution in [0.2, 0.25) is 10.0 Å². The lowest BCUT2D eigenvalue weighted by atomic mass is 9.98. The molecule has 2 aromatic heterocycles. The number of nitrogens with one attached hydrogen (secondary N) is 2. The smallest absolute Gasteiger partial charge is 0.251 e. The van der Waals surface area contributed by atoms with Gasteiger partial charge in [0.05, 0.1) is 16.3 Å². The summed E-state index contributed by atoms with van der Waals surface area (Å²) in [4.78, 5) is 27.6. The summed E-state index contributed by atoms with van der Waals surface area (Å²) in [5.41, 5.74) is 2.19. The molecule has 0 saturated heterocycles. The minimum atomic E-state index is -0.300.